The molecule has 1 aliphatic rings. The molecular weight excluding hydrogens is 321 g/mol. The van der Waals surface area contributed by atoms with Crippen LogP contribution in [-0.2, 0) is 6.54 Å². The second-order valence-corrected chi connectivity index (χ2v) is 6.42. The van der Waals surface area contributed by atoms with E-state index in [0.29, 0.717) is 40.4 Å². The van der Waals surface area contributed by atoms with Crippen LogP contribution in [-0.4, -0.2) is 22.2 Å². The third kappa shape index (κ3) is 3.28. The summed E-state index contributed by atoms with van der Waals surface area (Å²) in [5, 5.41) is 8.32. The molecule has 1 heterocycles. The number of carbonyl (C=O) groups is 1. The zero-order chi connectivity index (χ0) is 15.7. The lowest BCUT2D eigenvalue weighted by Crippen LogP contribution is -2.26. The van der Waals surface area contributed by atoms with Gasteiger partial charge in [-0.3, -0.25) is 4.79 Å². The number of nitrogens with zero attached hydrogens (tertiary/aromatic N) is 2. The maximum absolute atomic E-state index is 12.3. The summed E-state index contributed by atoms with van der Waals surface area (Å²) in [6.45, 7) is 2.95. The highest BCUT2D eigenvalue weighted by molar-refractivity contribution is 6.33. The van der Waals surface area contributed by atoms with Crippen LogP contribution in [0.4, 0.5) is 0 Å². The van der Waals surface area contributed by atoms with Crippen LogP contribution in [0.5, 0.6) is 0 Å². The van der Waals surface area contributed by atoms with Gasteiger partial charge in [0.2, 0.25) is 0 Å². The van der Waals surface area contributed by atoms with E-state index < -0.39 is 0 Å². The first-order valence-electron chi connectivity index (χ1n) is 7.30. The van der Waals surface area contributed by atoms with E-state index in [2.05, 4.69) is 10.4 Å². The number of aryl methyl sites for hydroxylation is 1. The van der Waals surface area contributed by atoms with E-state index in [1.807, 2.05) is 24.3 Å². The van der Waals surface area contributed by atoms with Crippen LogP contribution >= 0.6 is 23.2 Å². The van der Waals surface area contributed by atoms with Gasteiger partial charge in [-0.2, -0.15) is 5.10 Å². The smallest absolute Gasteiger partial charge is 0.256 e. The number of aromatic nitrogens is 2. The Morgan fingerprint density at radius 1 is 1.36 bits per heavy atom. The SMILES string of the molecule is Cc1nn(Cc2ccccc2Cl)c(Cl)c1C(=O)NCC1CC1. The number of amides is 1. The summed E-state index contributed by atoms with van der Waals surface area (Å²) >= 11 is 12.5. The van der Waals surface area contributed by atoms with E-state index in [1.54, 1.807) is 11.6 Å². The van der Waals surface area contributed by atoms with Crippen molar-refractivity contribution in [2.24, 2.45) is 5.92 Å². The van der Waals surface area contributed by atoms with Gasteiger partial charge in [-0.1, -0.05) is 41.4 Å². The average molecular weight is 338 g/mol. The van der Waals surface area contributed by atoms with Crippen molar-refractivity contribution < 1.29 is 4.79 Å². The zero-order valence-corrected chi connectivity index (χ0v) is 13.8. The van der Waals surface area contributed by atoms with Gasteiger partial charge < -0.3 is 5.32 Å². The van der Waals surface area contributed by atoms with Gasteiger partial charge in [-0.25, -0.2) is 4.68 Å². The summed E-state index contributed by atoms with van der Waals surface area (Å²) in [7, 11) is 0. The maximum atomic E-state index is 12.3. The predicted molar refractivity (Wildman–Crippen MR) is 87.6 cm³/mol. The largest absolute Gasteiger partial charge is 0.352 e. The Hall–Kier alpha value is -1.52. The average Bonchev–Trinajstić information content (AvgIpc) is 3.26. The number of halogens is 2. The number of nitrogens with one attached hydrogen (secondary N) is 1. The van der Waals surface area contributed by atoms with Crippen molar-refractivity contribution in [2.45, 2.75) is 26.3 Å². The molecule has 0 unspecified atom stereocenters. The Morgan fingerprint density at radius 2 is 2.09 bits per heavy atom. The summed E-state index contributed by atoms with van der Waals surface area (Å²) in [4.78, 5) is 12.3. The van der Waals surface area contributed by atoms with E-state index in [9.17, 15) is 4.79 Å². The van der Waals surface area contributed by atoms with Gasteiger partial charge in [0.15, 0.2) is 0 Å². The first-order valence-corrected chi connectivity index (χ1v) is 8.06. The fourth-order valence-electron chi connectivity index (χ4n) is 2.35. The summed E-state index contributed by atoms with van der Waals surface area (Å²) in [6, 6.07) is 7.53. The molecule has 1 N–H and O–H groups in total. The monoisotopic (exact) mass is 337 g/mol. The Bertz CT molecular complexity index is 707. The molecule has 0 spiro atoms. The number of carbonyl (C=O) groups excluding carboxylic acids is 1. The molecule has 6 heteroatoms. The van der Waals surface area contributed by atoms with Gasteiger partial charge in [-0.15, -0.1) is 0 Å². The van der Waals surface area contributed by atoms with Crippen molar-refractivity contribution in [3.8, 4) is 0 Å². The lowest BCUT2D eigenvalue weighted by molar-refractivity contribution is 0.0951. The Balaban J connectivity index is 1.80. The molecule has 0 saturated heterocycles. The minimum absolute atomic E-state index is 0.153. The maximum Gasteiger partial charge on any atom is 0.256 e. The quantitative estimate of drug-likeness (QED) is 0.904. The lowest BCUT2D eigenvalue weighted by Gasteiger charge is -2.06. The van der Waals surface area contributed by atoms with Crippen molar-refractivity contribution in [2.75, 3.05) is 6.54 Å². The highest BCUT2D eigenvalue weighted by Gasteiger charge is 2.25. The van der Waals surface area contributed by atoms with Gasteiger partial charge in [0.25, 0.3) is 5.91 Å². The third-order valence-corrected chi connectivity index (χ3v) is 4.57. The molecule has 0 radical (unpaired) electrons. The first kappa shape index (κ1) is 15.4. The van der Waals surface area contributed by atoms with E-state index in [1.165, 1.54) is 12.8 Å². The van der Waals surface area contributed by atoms with Crippen LogP contribution in [0.3, 0.4) is 0 Å². The van der Waals surface area contributed by atoms with E-state index in [4.69, 9.17) is 23.2 Å². The van der Waals surface area contributed by atoms with Crippen molar-refractivity contribution in [3.05, 3.63) is 51.3 Å². The molecule has 0 bridgehead atoms. The summed E-state index contributed by atoms with van der Waals surface area (Å²) in [5.41, 5.74) is 2.00. The number of rotatable bonds is 5. The van der Waals surface area contributed by atoms with E-state index in [-0.39, 0.29) is 5.91 Å². The third-order valence-electron chi connectivity index (χ3n) is 3.82. The van der Waals surface area contributed by atoms with Crippen LogP contribution in [0.2, 0.25) is 10.2 Å². The van der Waals surface area contributed by atoms with Crippen LogP contribution < -0.4 is 5.32 Å². The Morgan fingerprint density at radius 3 is 2.77 bits per heavy atom. The second kappa shape index (κ2) is 6.31. The molecule has 1 aliphatic carbocycles. The van der Waals surface area contributed by atoms with Crippen molar-refractivity contribution in [3.63, 3.8) is 0 Å². The van der Waals surface area contributed by atoms with Crippen molar-refractivity contribution in [1.29, 1.82) is 0 Å². The Kier molecular flexibility index (Phi) is 4.41. The minimum atomic E-state index is -0.153. The zero-order valence-electron chi connectivity index (χ0n) is 12.3. The van der Waals surface area contributed by atoms with Gasteiger partial charge in [0.1, 0.15) is 5.15 Å². The predicted octanol–water partition coefficient (Wildman–Crippen LogP) is 3.69. The van der Waals surface area contributed by atoms with Gasteiger partial charge in [0, 0.05) is 11.6 Å². The summed E-state index contributed by atoms with van der Waals surface area (Å²) in [5.74, 6) is 0.473. The molecule has 1 amide bonds. The van der Waals surface area contributed by atoms with Crippen LogP contribution in [0, 0.1) is 12.8 Å². The van der Waals surface area contributed by atoms with Crippen LogP contribution in [0.15, 0.2) is 24.3 Å². The standard InChI is InChI=1S/C16H17Cl2N3O/c1-10-14(16(22)19-8-11-6-7-11)15(18)21(20-10)9-12-4-2-3-5-13(12)17/h2-5,11H,6-9H2,1H3,(H,19,22). The number of hydrogen-bond acceptors (Lipinski definition) is 2. The molecule has 0 aliphatic heterocycles. The number of hydrogen-bond donors (Lipinski definition) is 1. The van der Waals surface area contributed by atoms with Crippen LogP contribution in [0.25, 0.3) is 0 Å². The molecule has 22 heavy (non-hydrogen) atoms. The number of benzene rings is 1. The molecule has 1 aromatic carbocycles. The van der Waals surface area contributed by atoms with E-state index >= 15 is 0 Å². The molecular formula is C16H17Cl2N3O. The minimum Gasteiger partial charge on any atom is -0.352 e. The summed E-state index contributed by atoms with van der Waals surface area (Å²) < 4.78 is 1.62. The van der Waals surface area contributed by atoms with Gasteiger partial charge in [-0.05, 0) is 37.3 Å². The molecule has 2 aromatic rings. The highest BCUT2D eigenvalue weighted by atomic mass is 35.5. The lowest BCUT2D eigenvalue weighted by atomic mass is 10.2. The molecule has 3 rings (SSSR count). The highest BCUT2D eigenvalue weighted by Crippen LogP contribution is 2.28. The summed E-state index contributed by atoms with van der Waals surface area (Å²) in [6.07, 6.45) is 2.39. The fraction of sp³-hybridized carbons (Fsp3) is 0.375. The molecule has 1 fully saturated rings. The van der Waals surface area contributed by atoms with Crippen LogP contribution in [0.1, 0.15) is 34.5 Å². The van der Waals surface area contributed by atoms with Crippen molar-refractivity contribution in [1.82, 2.24) is 15.1 Å². The second-order valence-electron chi connectivity index (χ2n) is 5.65. The van der Waals surface area contributed by atoms with Gasteiger partial charge >= 0.3 is 0 Å². The van der Waals surface area contributed by atoms with Crippen molar-refractivity contribution >= 4 is 29.1 Å². The van der Waals surface area contributed by atoms with E-state index in [0.717, 1.165) is 5.56 Å². The molecule has 1 aromatic heterocycles. The fourth-order valence-corrected chi connectivity index (χ4v) is 2.87. The first-order chi connectivity index (χ1) is 10.6. The molecule has 0 atom stereocenters. The topological polar surface area (TPSA) is 46.9 Å². The Labute approximate surface area is 139 Å². The normalized spacial score (nSPS) is 14.1. The van der Waals surface area contributed by atoms with Gasteiger partial charge in [0.05, 0.1) is 17.8 Å². The molecule has 4 nitrogen and oxygen atoms in total. The molecule has 1 saturated carbocycles. The molecule has 116 valence electrons.